The number of nitrogens with one attached hydrogen (secondary N) is 1. The summed E-state index contributed by atoms with van der Waals surface area (Å²) in [7, 11) is -3.87. The van der Waals surface area contributed by atoms with Gasteiger partial charge in [-0.25, -0.2) is 17.6 Å². The minimum atomic E-state index is -3.87. The number of aryl methyl sites for hydroxylation is 1. The van der Waals surface area contributed by atoms with E-state index in [1.807, 2.05) is 24.3 Å². The lowest BCUT2D eigenvalue weighted by atomic mass is 9.88. The summed E-state index contributed by atoms with van der Waals surface area (Å²) in [6.45, 7) is 3.25. The van der Waals surface area contributed by atoms with E-state index in [-0.39, 0.29) is 24.0 Å². The highest BCUT2D eigenvalue weighted by Gasteiger charge is 2.26. The molecule has 1 atom stereocenters. The predicted molar refractivity (Wildman–Crippen MR) is 117 cm³/mol. The van der Waals surface area contributed by atoms with Crippen molar-refractivity contribution in [3.8, 4) is 0 Å². The van der Waals surface area contributed by atoms with Crippen LogP contribution in [0, 0.1) is 5.82 Å². The summed E-state index contributed by atoms with van der Waals surface area (Å²) in [6, 6.07) is 10.6. The van der Waals surface area contributed by atoms with Crippen LogP contribution in [0.3, 0.4) is 0 Å². The Hall–Kier alpha value is -2.78. The van der Waals surface area contributed by atoms with Gasteiger partial charge >= 0.3 is 5.97 Å². The van der Waals surface area contributed by atoms with Crippen molar-refractivity contribution in [2.45, 2.75) is 44.0 Å². The Balaban J connectivity index is 1.67. The van der Waals surface area contributed by atoms with Crippen LogP contribution in [0.25, 0.3) is 0 Å². The van der Waals surface area contributed by atoms with Gasteiger partial charge in [-0.05, 0) is 48.6 Å². The van der Waals surface area contributed by atoms with Gasteiger partial charge in [-0.3, -0.25) is 4.79 Å². The van der Waals surface area contributed by atoms with Crippen molar-refractivity contribution in [2.75, 3.05) is 19.7 Å². The van der Waals surface area contributed by atoms with E-state index in [1.165, 1.54) is 9.87 Å². The molecule has 0 bridgehead atoms. The first-order chi connectivity index (χ1) is 15.3. The van der Waals surface area contributed by atoms with Gasteiger partial charge in [0.05, 0.1) is 16.5 Å². The number of carbonyl (C=O) groups is 2. The number of hydrogen-bond acceptors (Lipinski definition) is 5. The summed E-state index contributed by atoms with van der Waals surface area (Å²) in [4.78, 5) is 24.5. The summed E-state index contributed by atoms with van der Waals surface area (Å²) in [5.74, 6) is -2.53. The molecule has 3 rings (SSSR count). The van der Waals surface area contributed by atoms with E-state index >= 15 is 0 Å². The number of fused-ring (bicyclic) bond motifs is 1. The molecule has 0 fully saturated rings. The average molecular weight is 463 g/mol. The van der Waals surface area contributed by atoms with Crippen LogP contribution in [0.4, 0.5) is 4.39 Å². The quantitative estimate of drug-likeness (QED) is 0.608. The van der Waals surface area contributed by atoms with E-state index < -0.39 is 39.9 Å². The number of ether oxygens (including phenoxy) is 1. The fraction of sp³-hybridized carbons (Fsp3) is 0.391. The summed E-state index contributed by atoms with van der Waals surface area (Å²) in [6.07, 6.45) is 2.65. The number of benzene rings is 2. The molecule has 172 valence electrons. The molecule has 7 nitrogen and oxygen atoms in total. The highest BCUT2D eigenvalue weighted by molar-refractivity contribution is 7.89. The Morgan fingerprint density at radius 2 is 1.88 bits per heavy atom. The van der Waals surface area contributed by atoms with E-state index in [4.69, 9.17) is 4.74 Å². The molecular formula is C23H27FN2O5S. The molecule has 0 spiro atoms. The van der Waals surface area contributed by atoms with Crippen LogP contribution < -0.4 is 5.32 Å². The lowest BCUT2D eigenvalue weighted by Crippen LogP contribution is -2.34. The molecule has 1 aliphatic rings. The summed E-state index contributed by atoms with van der Waals surface area (Å²) >= 11 is 0. The molecule has 1 N–H and O–H groups in total. The first-order valence-electron chi connectivity index (χ1n) is 10.6. The van der Waals surface area contributed by atoms with Gasteiger partial charge in [0, 0.05) is 13.1 Å². The normalized spacial score (nSPS) is 15.8. The van der Waals surface area contributed by atoms with Crippen LogP contribution >= 0.6 is 0 Å². The largest absolute Gasteiger partial charge is 0.452 e. The Morgan fingerprint density at radius 3 is 2.59 bits per heavy atom. The second kappa shape index (κ2) is 10.2. The lowest BCUT2D eigenvalue weighted by molar-refractivity contribution is -0.125. The Bertz CT molecular complexity index is 1100. The number of halogens is 1. The highest BCUT2D eigenvalue weighted by Crippen LogP contribution is 2.29. The van der Waals surface area contributed by atoms with Crippen LogP contribution in [0.5, 0.6) is 0 Å². The Kier molecular flexibility index (Phi) is 7.63. The van der Waals surface area contributed by atoms with Crippen molar-refractivity contribution in [3.05, 3.63) is 65.0 Å². The third kappa shape index (κ3) is 5.16. The fourth-order valence-corrected chi connectivity index (χ4v) is 5.37. The molecule has 0 aromatic heterocycles. The number of sulfonamides is 1. The number of carbonyl (C=O) groups excluding carboxylic acids is 2. The monoisotopic (exact) mass is 462 g/mol. The van der Waals surface area contributed by atoms with Crippen LogP contribution in [0.2, 0.25) is 0 Å². The first kappa shape index (κ1) is 23.9. The summed E-state index contributed by atoms with van der Waals surface area (Å²) < 4.78 is 45.7. The van der Waals surface area contributed by atoms with Crippen LogP contribution in [0.15, 0.2) is 47.4 Å². The molecule has 0 aliphatic heterocycles. The highest BCUT2D eigenvalue weighted by atomic mass is 32.2. The van der Waals surface area contributed by atoms with Crippen LogP contribution in [0.1, 0.15) is 54.2 Å². The third-order valence-electron chi connectivity index (χ3n) is 5.54. The molecule has 1 unspecified atom stereocenters. The van der Waals surface area contributed by atoms with Crippen LogP contribution in [-0.4, -0.2) is 44.3 Å². The standard InChI is InChI=1S/C23H27FN2O5S/c1-3-26(4-2)32(29,30)17-12-13-20(24)19(14-17)23(28)31-15-22(27)25-21-11-7-9-16-8-5-6-10-18(16)21/h5-6,8,10,12-14,21H,3-4,7,9,11,15H2,1-2H3,(H,25,27). The third-order valence-corrected chi connectivity index (χ3v) is 7.59. The van der Waals surface area contributed by atoms with Crippen molar-refractivity contribution < 1.29 is 27.1 Å². The van der Waals surface area contributed by atoms with Crippen molar-refractivity contribution in [1.29, 1.82) is 0 Å². The van der Waals surface area contributed by atoms with E-state index in [2.05, 4.69) is 5.32 Å². The van der Waals surface area contributed by atoms with Gasteiger partial charge in [0.15, 0.2) is 6.61 Å². The molecule has 1 amide bonds. The van der Waals surface area contributed by atoms with Crippen molar-refractivity contribution in [3.63, 3.8) is 0 Å². The summed E-state index contributed by atoms with van der Waals surface area (Å²) in [5, 5.41) is 2.85. The molecule has 2 aromatic rings. The van der Waals surface area contributed by atoms with Crippen molar-refractivity contribution >= 4 is 21.9 Å². The van der Waals surface area contributed by atoms with E-state index in [9.17, 15) is 22.4 Å². The van der Waals surface area contributed by atoms with E-state index in [0.29, 0.717) is 0 Å². The number of amides is 1. The molecule has 0 saturated heterocycles. The zero-order valence-electron chi connectivity index (χ0n) is 18.1. The molecule has 1 aliphatic carbocycles. The molecular weight excluding hydrogens is 435 g/mol. The Labute approximate surface area is 187 Å². The SMILES string of the molecule is CCN(CC)S(=O)(=O)c1ccc(F)c(C(=O)OCC(=O)NC2CCCc3ccccc32)c1. The summed E-state index contributed by atoms with van der Waals surface area (Å²) in [5.41, 5.74) is 1.68. The molecule has 0 heterocycles. The van der Waals surface area contributed by atoms with Gasteiger partial charge in [-0.1, -0.05) is 38.1 Å². The predicted octanol–water partition coefficient (Wildman–Crippen LogP) is 3.21. The average Bonchev–Trinajstić information content (AvgIpc) is 2.78. The fourth-order valence-electron chi connectivity index (χ4n) is 3.88. The van der Waals surface area contributed by atoms with E-state index in [0.717, 1.165) is 43.0 Å². The topological polar surface area (TPSA) is 92.8 Å². The van der Waals surface area contributed by atoms with Gasteiger partial charge in [-0.2, -0.15) is 4.31 Å². The molecule has 0 radical (unpaired) electrons. The maximum Gasteiger partial charge on any atom is 0.341 e. The Morgan fingerprint density at radius 1 is 1.16 bits per heavy atom. The van der Waals surface area contributed by atoms with Gasteiger partial charge in [0.25, 0.3) is 5.91 Å². The molecule has 32 heavy (non-hydrogen) atoms. The first-order valence-corrected chi connectivity index (χ1v) is 12.1. The van der Waals surface area contributed by atoms with Gasteiger partial charge < -0.3 is 10.1 Å². The number of esters is 1. The van der Waals surface area contributed by atoms with Crippen molar-refractivity contribution in [1.82, 2.24) is 9.62 Å². The second-order valence-electron chi connectivity index (χ2n) is 7.52. The number of hydrogen-bond donors (Lipinski definition) is 1. The van der Waals surface area contributed by atoms with Crippen LogP contribution in [-0.2, 0) is 26.0 Å². The number of rotatable bonds is 8. The lowest BCUT2D eigenvalue weighted by Gasteiger charge is -2.26. The molecule has 0 saturated carbocycles. The smallest absolute Gasteiger partial charge is 0.341 e. The molecule has 2 aromatic carbocycles. The van der Waals surface area contributed by atoms with Gasteiger partial charge in [0.1, 0.15) is 5.82 Å². The zero-order chi connectivity index (χ0) is 23.3. The second-order valence-corrected chi connectivity index (χ2v) is 9.46. The minimum absolute atomic E-state index is 0.176. The maximum absolute atomic E-state index is 14.2. The van der Waals surface area contributed by atoms with Gasteiger partial charge in [0.2, 0.25) is 10.0 Å². The van der Waals surface area contributed by atoms with Gasteiger partial charge in [-0.15, -0.1) is 0 Å². The number of nitrogens with zero attached hydrogens (tertiary/aromatic N) is 1. The van der Waals surface area contributed by atoms with Crippen molar-refractivity contribution in [2.24, 2.45) is 0 Å². The maximum atomic E-state index is 14.2. The minimum Gasteiger partial charge on any atom is -0.452 e. The van der Waals surface area contributed by atoms with E-state index in [1.54, 1.807) is 13.8 Å². The molecule has 9 heteroatoms. The zero-order valence-corrected chi connectivity index (χ0v) is 19.0.